The summed E-state index contributed by atoms with van der Waals surface area (Å²) in [4.78, 5) is 32.0. The number of nitrogens with one attached hydrogen (secondary N) is 1. The maximum atomic E-state index is 13.4. The number of nitro benzene ring substituents is 1. The lowest BCUT2D eigenvalue weighted by Gasteiger charge is -2.15. The summed E-state index contributed by atoms with van der Waals surface area (Å²) in [5, 5.41) is 20.9. The number of urea groups is 1. The van der Waals surface area contributed by atoms with E-state index in [-0.39, 0.29) is 6.07 Å². The molecule has 0 aliphatic heterocycles. The molecule has 0 aromatic heterocycles. The number of rotatable bonds is 4. The van der Waals surface area contributed by atoms with E-state index in [1.165, 1.54) is 0 Å². The van der Waals surface area contributed by atoms with Crippen LogP contribution in [0.2, 0.25) is 0 Å². The summed E-state index contributed by atoms with van der Waals surface area (Å²) in [5.74, 6) is -3.90. The first-order valence-electron chi connectivity index (χ1n) is 5.09. The Morgan fingerprint density at radius 2 is 2.00 bits per heavy atom. The highest BCUT2D eigenvalue weighted by atomic mass is 19.1. The summed E-state index contributed by atoms with van der Waals surface area (Å²) in [6, 6.07) is -0.241. The molecule has 0 atom stereocenters. The maximum absolute atomic E-state index is 13.4. The highest BCUT2D eigenvalue weighted by Gasteiger charge is 2.21. The SMILES string of the molecule is CN(CC(=O)O)C(=O)Nc1cc([N+](=O)[O-])c(F)cc1F. The molecule has 0 fully saturated rings. The Morgan fingerprint density at radius 1 is 1.40 bits per heavy atom. The number of hydrogen-bond donors (Lipinski definition) is 2. The van der Waals surface area contributed by atoms with E-state index in [1.807, 2.05) is 5.32 Å². The van der Waals surface area contributed by atoms with Gasteiger partial charge in [-0.15, -0.1) is 0 Å². The molecule has 1 aromatic rings. The molecule has 0 saturated heterocycles. The number of amides is 2. The Hall–Kier alpha value is -2.78. The summed E-state index contributed by atoms with van der Waals surface area (Å²) in [6.07, 6.45) is 0. The van der Waals surface area contributed by atoms with Crippen molar-refractivity contribution in [2.24, 2.45) is 0 Å². The van der Waals surface area contributed by atoms with Crippen molar-refractivity contribution in [2.75, 3.05) is 18.9 Å². The first kappa shape index (κ1) is 15.3. The van der Waals surface area contributed by atoms with E-state index >= 15 is 0 Å². The quantitative estimate of drug-likeness (QED) is 0.643. The Morgan fingerprint density at radius 3 is 2.50 bits per heavy atom. The number of hydrogen-bond acceptors (Lipinski definition) is 4. The second kappa shape index (κ2) is 5.91. The molecule has 0 unspecified atom stereocenters. The van der Waals surface area contributed by atoms with Crippen molar-refractivity contribution < 1.29 is 28.4 Å². The molecule has 20 heavy (non-hydrogen) atoms. The van der Waals surface area contributed by atoms with Crippen molar-refractivity contribution in [3.8, 4) is 0 Å². The van der Waals surface area contributed by atoms with Gasteiger partial charge in [-0.25, -0.2) is 9.18 Å². The van der Waals surface area contributed by atoms with Crippen LogP contribution in [0.5, 0.6) is 0 Å². The van der Waals surface area contributed by atoms with Crippen LogP contribution in [0.1, 0.15) is 0 Å². The maximum Gasteiger partial charge on any atom is 0.323 e. The van der Waals surface area contributed by atoms with Crippen LogP contribution in [0.25, 0.3) is 0 Å². The average molecular weight is 289 g/mol. The standard InChI is InChI=1S/C10H9F2N3O5/c1-14(4-9(16)17)10(18)13-7-3-8(15(19)20)6(12)2-5(7)11/h2-3H,4H2,1H3,(H,13,18)(H,16,17). The molecule has 0 saturated carbocycles. The minimum atomic E-state index is -1.38. The van der Waals surface area contributed by atoms with Crippen LogP contribution in [-0.4, -0.2) is 40.5 Å². The lowest BCUT2D eigenvalue weighted by Crippen LogP contribution is -2.35. The smallest absolute Gasteiger partial charge is 0.323 e. The third kappa shape index (κ3) is 3.60. The normalized spacial score (nSPS) is 9.95. The van der Waals surface area contributed by atoms with Crippen LogP contribution in [0.3, 0.4) is 0 Å². The molecule has 0 heterocycles. The highest BCUT2D eigenvalue weighted by molar-refractivity contribution is 5.91. The van der Waals surface area contributed by atoms with Gasteiger partial charge in [0.25, 0.3) is 0 Å². The fourth-order valence-corrected chi connectivity index (χ4v) is 1.26. The van der Waals surface area contributed by atoms with E-state index < -0.39 is 46.5 Å². The zero-order valence-electron chi connectivity index (χ0n) is 10.1. The second-order valence-electron chi connectivity index (χ2n) is 3.72. The summed E-state index contributed by atoms with van der Waals surface area (Å²) >= 11 is 0. The molecule has 0 spiro atoms. The fraction of sp³-hybridized carbons (Fsp3) is 0.200. The van der Waals surface area contributed by atoms with E-state index in [9.17, 15) is 28.5 Å². The lowest BCUT2D eigenvalue weighted by molar-refractivity contribution is -0.387. The molecule has 1 rings (SSSR count). The summed E-state index contributed by atoms with van der Waals surface area (Å²) in [7, 11) is 1.12. The number of likely N-dealkylation sites (N-methyl/N-ethyl adjacent to an activating group) is 1. The molecule has 1 aromatic carbocycles. The number of benzene rings is 1. The van der Waals surface area contributed by atoms with Gasteiger partial charge in [0.1, 0.15) is 12.4 Å². The predicted octanol–water partition coefficient (Wildman–Crippen LogP) is 1.42. The average Bonchev–Trinajstić information content (AvgIpc) is 2.30. The molecule has 0 radical (unpaired) electrons. The van der Waals surface area contributed by atoms with Gasteiger partial charge < -0.3 is 15.3 Å². The molecule has 2 amide bonds. The number of nitro groups is 1. The van der Waals surface area contributed by atoms with Crippen molar-refractivity contribution >= 4 is 23.4 Å². The molecular weight excluding hydrogens is 280 g/mol. The number of carboxylic acids is 1. The Kier molecular flexibility index (Phi) is 4.51. The van der Waals surface area contributed by atoms with Crippen LogP contribution in [-0.2, 0) is 4.79 Å². The highest BCUT2D eigenvalue weighted by Crippen LogP contribution is 2.25. The second-order valence-corrected chi connectivity index (χ2v) is 3.72. The summed E-state index contributed by atoms with van der Waals surface area (Å²) < 4.78 is 26.4. The molecule has 0 aliphatic carbocycles. The van der Waals surface area contributed by atoms with Gasteiger partial charge in [0, 0.05) is 19.2 Å². The topological polar surface area (TPSA) is 113 Å². The number of aliphatic carboxylic acids is 1. The van der Waals surface area contributed by atoms with Crippen LogP contribution < -0.4 is 5.32 Å². The summed E-state index contributed by atoms with van der Waals surface area (Å²) in [5.41, 5.74) is -1.64. The molecule has 0 bridgehead atoms. The van der Waals surface area contributed by atoms with Gasteiger partial charge in [-0.05, 0) is 0 Å². The van der Waals surface area contributed by atoms with Crippen LogP contribution in [0.4, 0.5) is 25.0 Å². The van der Waals surface area contributed by atoms with E-state index in [0.717, 1.165) is 7.05 Å². The number of carbonyl (C=O) groups is 2. The summed E-state index contributed by atoms with van der Waals surface area (Å²) in [6.45, 7) is -0.656. The van der Waals surface area contributed by atoms with Gasteiger partial charge >= 0.3 is 17.7 Å². The number of carboxylic acid groups (broad SMARTS) is 1. The fourth-order valence-electron chi connectivity index (χ4n) is 1.26. The molecule has 8 nitrogen and oxygen atoms in total. The van der Waals surface area contributed by atoms with Gasteiger partial charge in [0.2, 0.25) is 5.82 Å². The molecular formula is C10H9F2N3O5. The first-order chi connectivity index (χ1) is 9.22. The van der Waals surface area contributed by atoms with Gasteiger partial charge in [-0.2, -0.15) is 4.39 Å². The Bertz CT molecular complexity index is 578. The molecule has 10 heteroatoms. The van der Waals surface area contributed by atoms with E-state index in [2.05, 4.69) is 0 Å². The monoisotopic (exact) mass is 289 g/mol. The van der Waals surface area contributed by atoms with E-state index in [1.54, 1.807) is 0 Å². The number of halogens is 2. The zero-order chi connectivity index (χ0) is 15.4. The first-order valence-corrected chi connectivity index (χ1v) is 5.09. The van der Waals surface area contributed by atoms with Crippen molar-refractivity contribution in [1.82, 2.24) is 4.90 Å². The Balaban J connectivity index is 2.97. The van der Waals surface area contributed by atoms with Crippen LogP contribution in [0, 0.1) is 21.7 Å². The number of anilines is 1. The van der Waals surface area contributed by atoms with Gasteiger partial charge in [0.15, 0.2) is 0 Å². The van der Waals surface area contributed by atoms with Gasteiger partial charge in [-0.1, -0.05) is 0 Å². The van der Waals surface area contributed by atoms with Crippen molar-refractivity contribution in [1.29, 1.82) is 0 Å². The number of nitrogens with zero attached hydrogens (tertiary/aromatic N) is 2. The predicted molar refractivity (Wildman–Crippen MR) is 62.3 cm³/mol. The van der Waals surface area contributed by atoms with E-state index in [0.29, 0.717) is 11.0 Å². The van der Waals surface area contributed by atoms with Gasteiger partial charge in [-0.3, -0.25) is 14.9 Å². The van der Waals surface area contributed by atoms with Crippen LogP contribution >= 0.6 is 0 Å². The minimum Gasteiger partial charge on any atom is -0.480 e. The van der Waals surface area contributed by atoms with Crippen molar-refractivity contribution in [3.05, 3.63) is 33.9 Å². The third-order valence-electron chi connectivity index (χ3n) is 2.19. The molecule has 0 aliphatic rings. The number of carbonyl (C=O) groups excluding carboxylic acids is 1. The largest absolute Gasteiger partial charge is 0.480 e. The molecule has 108 valence electrons. The lowest BCUT2D eigenvalue weighted by atomic mass is 10.2. The molecule has 2 N–H and O–H groups in total. The minimum absolute atomic E-state index is 0.255. The van der Waals surface area contributed by atoms with Crippen molar-refractivity contribution in [3.63, 3.8) is 0 Å². The van der Waals surface area contributed by atoms with E-state index in [4.69, 9.17) is 5.11 Å². The van der Waals surface area contributed by atoms with Crippen LogP contribution in [0.15, 0.2) is 12.1 Å². The third-order valence-corrected chi connectivity index (χ3v) is 2.19. The zero-order valence-corrected chi connectivity index (χ0v) is 10.1. The van der Waals surface area contributed by atoms with Crippen molar-refractivity contribution in [2.45, 2.75) is 0 Å². The Labute approximate surface area is 110 Å². The van der Waals surface area contributed by atoms with Gasteiger partial charge in [0.05, 0.1) is 10.6 Å².